The molecule has 0 rings (SSSR count). The smallest absolute Gasteiger partial charge is 0.114 e. The second-order valence-electron chi connectivity index (χ2n) is 3.46. The molecule has 0 N–H and O–H groups in total. The summed E-state index contributed by atoms with van der Waals surface area (Å²) in [5.41, 5.74) is 0. The van der Waals surface area contributed by atoms with Crippen molar-refractivity contribution in [2.75, 3.05) is 13.3 Å². The Balaban J connectivity index is 3.90. The normalized spacial score (nSPS) is 13.9. The van der Waals surface area contributed by atoms with Crippen molar-refractivity contribution in [3.63, 3.8) is 0 Å². The maximum absolute atomic E-state index is 5.34. The Labute approximate surface area is 68.2 Å². The molecule has 0 saturated carbocycles. The van der Waals surface area contributed by atoms with Crippen molar-refractivity contribution in [2.45, 2.75) is 19.6 Å². The van der Waals surface area contributed by atoms with Gasteiger partial charge in [0.25, 0.3) is 0 Å². The fourth-order valence-electron chi connectivity index (χ4n) is 0.660. The van der Waals surface area contributed by atoms with E-state index >= 15 is 0 Å². The predicted molar refractivity (Wildman–Crippen MR) is 57.1 cm³/mol. The lowest BCUT2D eigenvalue weighted by molar-refractivity contribution is 1.88. The Hall–Kier alpha value is 1.22. The zero-order valence-electron chi connectivity index (χ0n) is 6.76. The van der Waals surface area contributed by atoms with E-state index in [9.17, 15) is 0 Å². The van der Waals surface area contributed by atoms with Crippen molar-refractivity contribution in [3.05, 3.63) is 0 Å². The molecule has 56 valence electrons. The molecule has 9 heavy (non-hydrogen) atoms. The molecular formula is C5H15PS2Si. The molecule has 0 heterocycles. The van der Waals surface area contributed by atoms with Crippen LogP contribution in [0, 0.1) is 0 Å². The van der Waals surface area contributed by atoms with Crippen LogP contribution in [0.25, 0.3) is 0 Å². The molecule has 0 nitrogen and oxygen atoms in total. The third-order valence-corrected chi connectivity index (χ3v) is 15.3. The summed E-state index contributed by atoms with van der Waals surface area (Å²) in [6.45, 7) is 11.5. The Kier molecular flexibility index (Phi) is 3.50. The SMILES string of the molecule is C[Si](C)(C)SP(C)(C)=S. The van der Waals surface area contributed by atoms with Gasteiger partial charge in [-0.2, -0.15) is 0 Å². The fraction of sp³-hybridized carbons (Fsp3) is 1.00. The Bertz CT molecular complexity index is 132. The van der Waals surface area contributed by atoms with Gasteiger partial charge in [-0.05, 0) is 18.6 Å². The summed E-state index contributed by atoms with van der Waals surface area (Å²) in [4.78, 5) is 0. The predicted octanol–water partition coefficient (Wildman–Crippen LogP) is 3.21. The average Bonchev–Trinajstić information content (AvgIpc) is 1.14. The molecule has 0 unspecified atom stereocenters. The van der Waals surface area contributed by atoms with Gasteiger partial charge in [-0.3, -0.25) is 0 Å². The summed E-state index contributed by atoms with van der Waals surface area (Å²) in [7, 11) is 1.15. The number of hydrogen-bond donors (Lipinski definition) is 0. The van der Waals surface area contributed by atoms with Crippen LogP contribution < -0.4 is 0 Å². The van der Waals surface area contributed by atoms with Crippen molar-refractivity contribution >= 4 is 35.1 Å². The summed E-state index contributed by atoms with van der Waals surface area (Å²) in [5, 5.41) is -0.976. The Morgan fingerprint density at radius 2 is 1.56 bits per heavy atom. The van der Waals surface area contributed by atoms with Crippen LogP contribution in [0.4, 0.5) is 0 Å². The second-order valence-corrected chi connectivity index (χ2v) is 22.4. The summed E-state index contributed by atoms with van der Waals surface area (Å²) >= 11 is 5.34. The highest BCUT2D eigenvalue weighted by atomic mass is 33.0. The topological polar surface area (TPSA) is 0 Å². The van der Waals surface area contributed by atoms with Gasteiger partial charge in [0.2, 0.25) is 0 Å². The Morgan fingerprint density at radius 1 is 1.22 bits per heavy atom. The Morgan fingerprint density at radius 3 is 1.56 bits per heavy atom. The molecule has 0 aliphatic heterocycles. The first-order chi connectivity index (χ1) is 3.71. The standard InChI is InChI=1S/C5H15PS2Si/c1-6(2,7)8-9(3,4)5/h1-5H3. The highest BCUT2D eigenvalue weighted by Gasteiger charge is 2.18. The minimum absolute atomic E-state index is 0.931. The quantitative estimate of drug-likeness (QED) is 0.493. The molecule has 0 radical (unpaired) electrons. The van der Waals surface area contributed by atoms with Crippen LogP contribution in [-0.4, -0.2) is 20.6 Å². The molecular weight excluding hydrogens is 183 g/mol. The molecule has 0 aromatic heterocycles. The molecule has 0 aliphatic rings. The van der Waals surface area contributed by atoms with E-state index in [4.69, 9.17) is 11.8 Å². The minimum atomic E-state index is -0.976. The van der Waals surface area contributed by atoms with Crippen LogP contribution in [0.1, 0.15) is 0 Å². The first kappa shape index (κ1) is 10.2. The van der Waals surface area contributed by atoms with Crippen LogP contribution in [0.3, 0.4) is 0 Å². The van der Waals surface area contributed by atoms with Crippen molar-refractivity contribution in [3.8, 4) is 0 Å². The monoisotopic (exact) mass is 198 g/mol. The average molecular weight is 198 g/mol. The van der Waals surface area contributed by atoms with Crippen LogP contribution >= 0.6 is 16.1 Å². The molecule has 0 spiro atoms. The maximum Gasteiger partial charge on any atom is 0.114 e. The van der Waals surface area contributed by atoms with Crippen molar-refractivity contribution in [1.82, 2.24) is 0 Å². The van der Waals surface area contributed by atoms with E-state index in [0.717, 1.165) is 0 Å². The highest BCUT2D eigenvalue weighted by molar-refractivity contribution is 8.81. The third kappa shape index (κ3) is 9.22. The van der Waals surface area contributed by atoms with Gasteiger partial charge in [0.05, 0.1) is 0 Å². The first-order valence-electron chi connectivity index (χ1n) is 2.96. The molecule has 0 aromatic carbocycles. The number of rotatable bonds is 2. The van der Waals surface area contributed by atoms with E-state index in [1.807, 2.05) is 0 Å². The lowest BCUT2D eigenvalue weighted by Gasteiger charge is -2.20. The zero-order chi connectivity index (χ0) is 7.71. The van der Waals surface area contributed by atoms with Crippen LogP contribution in [0.2, 0.25) is 19.6 Å². The molecule has 0 fully saturated rings. The maximum atomic E-state index is 5.34. The van der Waals surface area contributed by atoms with Crippen LogP contribution in [0.15, 0.2) is 0 Å². The fourth-order valence-corrected chi connectivity index (χ4v) is 23.8. The second kappa shape index (κ2) is 3.08. The van der Waals surface area contributed by atoms with Gasteiger partial charge in [-0.25, -0.2) is 0 Å². The van der Waals surface area contributed by atoms with Crippen LogP contribution in [0.5, 0.6) is 0 Å². The summed E-state index contributed by atoms with van der Waals surface area (Å²) in [6.07, 6.45) is 0. The van der Waals surface area contributed by atoms with Crippen LogP contribution in [-0.2, 0) is 11.8 Å². The molecule has 0 saturated heterocycles. The van der Waals surface area contributed by atoms with Crippen molar-refractivity contribution in [1.29, 1.82) is 0 Å². The molecule has 0 bridgehead atoms. The van der Waals surface area contributed by atoms with Crippen molar-refractivity contribution < 1.29 is 0 Å². The molecule has 0 aromatic rings. The molecule has 0 aliphatic carbocycles. The summed E-state index contributed by atoms with van der Waals surface area (Å²) in [6, 6.07) is 0. The van der Waals surface area contributed by atoms with E-state index < -0.39 is 12.5 Å². The van der Waals surface area contributed by atoms with E-state index in [2.05, 4.69) is 43.8 Å². The summed E-state index contributed by atoms with van der Waals surface area (Å²) in [5.74, 6) is 0. The third-order valence-electron chi connectivity index (χ3n) is 0.494. The van der Waals surface area contributed by atoms with E-state index in [-0.39, 0.29) is 0 Å². The first-order valence-corrected chi connectivity index (χ1v) is 12.3. The van der Waals surface area contributed by atoms with Gasteiger partial charge < -0.3 is 0 Å². The summed E-state index contributed by atoms with van der Waals surface area (Å²) < 4.78 is 0. The van der Waals surface area contributed by atoms with Gasteiger partial charge in [-0.15, -0.1) is 10.8 Å². The lowest BCUT2D eigenvalue weighted by atomic mass is 11.8. The molecule has 4 heteroatoms. The van der Waals surface area contributed by atoms with Gasteiger partial charge in [0.15, 0.2) is 0 Å². The zero-order valence-corrected chi connectivity index (χ0v) is 10.3. The van der Waals surface area contributed by atoms with E-state index in [1.165, 1.54) is 0 Å². The van der Waals surface area contributed by atoms with Gasteiger partial charge in [-0.1, -0.05) is 31.4 Å². The van der Waals surface area contributed by atoms with Crippen molar-refractivity contribution in [2.24, 2.45) is 0 Å². The highest BCUT2D eigenvalue weighted by Crippen LogP contribution is 2.56. The van der Waals surface area contributed by atoms with E-state index in [1.54, 1.807) is 0 Å². The minimum Gasteiger partial charge on any atom is -0.150 e. The lowest BCUT2D eigenvalue weighted by Crippen LogP contribution is -2.12. The largest absolute Gasteiger partial charge is 0.150 e. The number of hydrogen-bond acceptors (Lipinski definition) is 2. The van der Waals surface area contributed by atoms with Gasteiger partial charge >= 0.3 is 0 Å². The molecule has 0 amide bonds. The van der Waals surface area contributed by atoms with Gasteiger partial charge in [0, 0.05) is 0 Å². The molecule has 0 atom stereocenters. The van der Waals surface area contributed by atoms with E-state index in [0.29, 0.717) is 0 Å². The van der Waals surface area contributed by atoms with Gasteiger partial charge in [0.1, 0.15) is 7.22 Å².